The first-order valence-corrected chi connectivity index (χ1v) is 8.82. The Labute approximate surface area is 152 Å². The Morgan fingerprint density at radius 1 is 1.12 bits per heavy atom. The smallest absolute Gasteiger partial charge is 0.269 e. The fourth-order valence-corrected chi connectivity index (χ4v) is 3.85. The van der Waals surface area contributed by atoms with E-state index in [1.807, 2.05) is 36.4 Å². The molecule has 132 valence electrons. The average molecular weight is 380 g/mol. The Morgan fingerprint density at radius 3 is 2.44 bits per heavy atom. The number of rotatable bonds is 5. The van der Waals surface area contributed by atoms with E-state index in [4.69, 9.17) is 0 Å². The molecule has 3 aromatic rings. The van der Waals surface area contributed by atoms with Crippen LogP contribution in [0.5, 0.6) is 0 Å². The minimum atomic E-state index is -3.81. The third kappa shape index (κ3) is 3.84. The molecule has 0 aliphatic heterocycles. The van der Waals surface area contributed by atoms with E-state index in [0.29, 0.717) is 12.2 Å². The molecule has 3 rings (SSSR count). The van der Waals surface area contributed by atoms with Crippen molar-refractivity contribution in [2.24, 2.45) is 0 Å². The molecule has 0 saturated heterocycles. The summed E-state index contributed by atoms with van der Waals surface area (Å²) in [6.45, 7) is 0.550. The summed E-state index contributed by atoms with van der Waals surface area (Å²) in [5.74, 6) is 0. The van der Waals surface area contributed by atoms with Crippen molar-refractivity contribution in [3.05, 3.63) is 76.8 Å². The fraction of sp³-hybridized carbons (Fsp3) is 0.118. The number of nitrogens with one attached hydrogen (secondary N) is 2. The molecule has 2 aromatic heterocycles. The van der Waals surface area contributed by atoms with Gasteiger partial charge in [0.25, 0.3) is 10.0 Å². The van der Waals surface area contributed by atoms with Crippen LogP contribution in [0, 0.1) is 0 Å². The summed E-state index contributed by atoms with van der Waals surface area (Å²) in [4.78, 5) is 13.6. The number of hydrogen-bond donors (Lipinski definition) is 2. The zero-order chi connectivity index (χ0) is 17.2. The predicted molar refractivity (Wildman–Crippen MR) is 99.5 cm³/mol. The quantitative estimate of drug-likeness (QED) is 0.712. The fourth-order valence-electron chi connectivity index (χ4n) is 2.49. The monoisotopic (exact) mass is 379 g/mol. The normalized spacial score (nSPS) is 11.1. The molecule has 0 atom stereocenters. The van der Waals surface area contributed by atoms with E-state index in [1.165, 1.54) is 22.3 Å². The average Bonchev–Trinajstić information content (AvgIpc) is 3.01. The topological polar surface area (TPSA) is 84.0 Å². The van der Waals surface area contributed by atoms with E-state index in [2.05, 4.69) is 10.3 Å². The second kappa shape index (κ2) is 7.69. The summed E-state index contributed by atoms with van der Waals surface area (Å²) < 4.78 is 27.2. The van der Waals surface area contributed by atoms with E-state index in [1.54, 1.807) is 13.2 Å². The number of halogens is 1. The maximum atomic E-state index is 13.0. The third-order valence-electron chi connectivity index (χ3n) is 3.61. The standard InChI is InChI=1S/C17H17N3O3S.ClH/c1-18-10-13-9-16(14-5-3-2-4-6-14)20(12-13)24(22,23)15-7-8-17(21)19-11-15;/h2-9,11-12,18H,10H2,1H3,(H,19,21);1H. The van der Waals surface area contributed by atoms with Crippen molar-refractivity contribution in [2.75, 3.05) is 7.05 Å². The van der Waals surface area contributed by atoms with Gasteiger partial charge >= 0.3 is 0 Å². The van der Waals surface area contributed by atoms with E-state index in [-0.39, 0.29) is 22.9 Å². The number of pyridine rings is 1. The molecular weight excluding hydrogens is 362 g/mol. The van der Waals surface area contributed by atoms with E-state index in [0.717, 1.165) is 11.1 Å². The molecule has 25 heavy (non-hydrogen) atoms. The van der Waals surface area contributed by atoms with Crippen molar-refractivity contribution in [3.63, 3.8) is 0 Å². The lowest BCUT2D eigenvalue weighted by Gasteiger charge is -2.10. The first kappa shape index (κ1) is 19.0. The molecule has 0 aliphatic carbocycles. The molecule has 8 heteroatoms. The Hall–Kier alpha value is -2.35. The summed E-state index contributed by atoms with van der Waals surface area (Å²) in [5, 5.41) is 3.02. The minimum absolute atomic E-state index is 0. The van der Waals surface area contributed by atoms with Gasteiger partial charge in [-0.2, -0.15) is 0 Å². The number of benzene rings is 1. The highest BCUT2D eigenvalue weighted by Gasteiger charge is 2.21. The maximum absolute atomic E-state index is 13.0. The van der Waals surface area contributed by atoms with Crippen LogP contribution in [-0.4, -0.2) is 24.4 Å². The molecule has 6 nitrogen and oxygen atoms in total. The van der Waals surface area contributed by atoms with Crippen molar-refractivity contribution in [2.45, 2.75) is 11.4 Å². The van der Waals surface area contributed by atoms with Crippen LogP contribution in [-0.2, 0) is 16.6 Å². The zero-order valence-electron chi connectivity index (χ0n) is 13.5. The molecule has 0 amide bonds. The first-order chi connectivity index (χ1) is 11.5. The zero-order valence-corrected chi connectivity index (χ0v) is 15.1. The van der Waals surface area contributed by atoms with Gasteiger partial charge in [0.05, 0.1) is 5.69 Å². The summed E-state index contributed by atoms with van der Waals surface area (Å²) in [5.41, 5.74) is 1.88. The molecule has 0 aliphatic rings. The van der Waals surface area contributed by atoms with E-state index < -0.39 is 10.0 Å². The summed E-state index contributed by atoms with van der Waals surface area (Å²) in [6.07, 6.45) is 2.81. The summed E-state index contributed by atoms with van der Waals surface area (Å²) in [6, 6.07) is 13.7. The highest BCUT2D eigenvalue weighted by atomic mass is 35.5. The van der Waals surface area contributed by atoms with Gasteiger partial charge < -0.3 is 10.3 Å². The lowest BCUT2D eigenvalue weighted by atomic mass is 10.1. The summed E-state index contributed by atoms with van der Waals surface area (Å²) >= 11 is 0. The molecule has 0 unspecified atom stereocenters. The van der Waals surface area contributed by atoms with Gasteiger partial charge in [-0.05, 0) is 30.3 Å². The SMILES string of the molecule is CNCc1cc(-c2ccccc2)n(S(=O)(=O)c2ccc(=O)[nH]c2)c1.Cl. The van der Waals surface area contributed by atoms with Crippen molar-refractivity contribution >= 4 is 22.4 Å². The van der Waals surface area contributed by atoms with Crippen LogP contribution < -0.4 is 10.9 Å². The van der Waals surface area contributed by atoms with Crippen LogP contribution in [0.3, 0.4) is 0 Å². The highest BCUT2D eigenvalue weighted by molar-refractivity contribution is 7.90. The lowest BCUT2D eigenvalue weighted by Crippen LogP contribution is -2.15. The molecule has 0 radical (unpaired) electrons. The molecule has 2 heterocycles. The molecule has 2 N–H and O–H groups in total. The van der Waals surface area contributed by atoms with Crippen LogP contribution >= 0.6 is 12.4 Å². The molecule has 0 saturated carbocycles. The Kier molecular flexibility index (Phi) is 5.84. The van der Waals surface area contributed by atoms with Crippen LogP contribution in [0.15, 0.2) is 70.6 Å². The van der Waals surface area contributed by atoms with Crippen molar-refractivity contribution < 1.29 is 8.42 Å². The molecular formula is C17H18ClN3O3S. The van der Waals surface area contributed by atoms with Gasteiger partial charge in [-0.15, -0.1) is 12.4 Å². The van der Waals surface area contributed by atoms with Gasteiger partial charge in [0.1, 0.15) is 4.90 Å². The molecule has 1 aromatic carbocycles. The third-order valence-corrected chi connectivity index (χ3v) is 5.28. The first-order valence-electron chi connectivity index (χ1n) is 7.38. The van der Waals surface area contributed by atoms with Crippen LogP contribution in [0.1, 0.15) is 5.56 Å². The second-order valence-electron chi connectivity index (χ2n) is 5.32. The van der Waals surface area contributed by atoms with Crippen LogP contribution in [0.25, 0.3) is 11.3 Å². The summed E-state index contributed by atoms with van der Waals surface area (Å²) in [7, 11) is -2.01. The van der Waals surface area contributed by atoms with Crippen molar-refractivity contribution in [1.29, 1.82) is 0 Å². The van der Waals surface area contributed by atoms with E-state index >= 15 is 0 Å². The second-order valence-corrected chi connectivity index (χ2v) is 7.13. The molecule has 0 spiro atoms. The Bertz CT molecular complexity index is 991. The lowest BCUT2D eigenvalue weighted by molar-refractivity contribution is 0.587. The van der Waals surface area contributed by atoms with Gasteiger partial charge in [-0.25, -0.2) is 12.4 Å². The van der Waals surface area contributed by atoms with Crippen molar-refractivity contribution in [3.8, 4) is 11.3 Å². The Morgan fingerprint density at radius 2 is 1.84 bits per heavy atom. The minimum Gasteiger partial charge on any atom is -0.328 e. The van der Waals surface area contributed by atoms with Gasteiger partial charge in [0.15, 0.2) is 0 Å². The number of aromatic nitrogens is 2. The number of hydrogen-bond acceptors (Lipinski definition) is 4. The van der Waals surface area contributed by atoms with Gasteiger partial charge in [-0.1, -0.05) is 30.3 Å². The van der Waals surface area contributed by atoms with E-state index in [9.17, 15) is 13.2 Å². The maximum Gasteiger partial charge on any atom is 0.269 e. The predicted octanol–water partition coefficient (Wildman–Crippen LogP) is 2.22. The number of nitrogens with zero attached hydrogens (tertiary/aromatic N) is 1. The largest absolute Gasteiger partial charge is 0.328 e. The van der Waals surface area contributed by atoms with Crippen molar-refractivity contribution in [1.82, 2.24) is 14.3 Å². The number of H-pyrrole nitrogens is 1. The number of aromatic amines is 1. The van der Waals surface area contributed by atoms with Crippen LogP contribution in [0.4, 0.5) is 0 Å². The van der Waals surface area contributed by atoms with Crippen LogP contribution in [0.2, 0.25) is 0 Å². The van der Waals surface area contributed by atoms with Gasteiger partial charge in [0, 0.05) is 25.0 Å². The highest BCUT2D eigenvalue weighted by Crippen LogP contribution is 2.26. The van der Waals surface area contributed by atoms with Gasteiger partial charge in [-0.3, -0.25) is 4.79 Å². The molecule has 0 bridgehead atoms. The molecule has 0 fully saturated rings. The van der Waals surface area contributed by atoms with Gasteiger partial charge in [0.2, 0.25) is 5.56 Å². The Balaban J connectivity index is 0.00000225.